The fourth-order valence-corrected chi connectivity index (χ4v) is 5.32. The molecule has 31 heavy (non-hydrogen) atoms. The van der Waals surface area contributed by atoms with Gasteiger partial charge in [0.05, 0.1) is 20.9 Å². The van der Waals surface area contributed by atoms with E-state index in [9.17, 15) is 13.2 Å². The molecule has 5 heteroatoms. The van der Waals surface area contributed by atoms with Gasteiger partial charge in [-0.05, 0) is 74.2 Å². The van der Waals surface area contributed by atoms with Gasteiger partial charge < -0.3 is 0 Å². The molecule has 1 heterocycles. The van der Waals surface area contributed by atoms with Crippen molar-refractivity contribution in [1.82, 2.24) is 4.98 Å². The lowest BCUT2D eigenvalue weighted by Gasteiger charge is -2.14. The molecule has 1 aromatic heterocycles. The van der Waals surface area contributed by atoms with Gasteiger partial charge in [-0.2, -0.15) is 0 Å². The quantitative estimate of drug-likeness (QED) is 0.400. The number of hydrogen-bond acceptors (Lipinski definition) is 4. The van der Waals surface area contributed by atoms with Crippen molar-refractivity contribution in [1.29, 1.82) is 0 Å². The zero-order valence-corrected chi connectivity index (χ0v) is 18.7. The van der Waals surface area contributed by atoms with Crippen LogP contribution in [0.15, 0.2) is 76.7 Å². The minimum Gasteiger partial charge on any atom is -0.289 e. The van der Waals surface area contributed by atoms with Crippen molar-refractivity contribution in [2.24, 2.45) is 0 Å². The second-order valence-electron chi connectivity index (χ2n) is 7.90. The number of aromatic nitrogens is 1. The molecule has 0 aliphatic carbocycles. The molecule has 0 aliphatic heterocycles. The summed E-state index contributed by atoms with van der Waals surface area (Å²) in [6.07, 6.45) is 1.38. The number of sulfone groups is 1. The van der Waals surface area contributed by atoms with Crippen molar-refractivity contribution in [2.75, 3.05) is 0 Å². The maximum absolute atomic E-state index is 13.8. The van der Waals surface area contributed by atoms with Crippen LogP contribution < -0.4 is 0 Å². The van der Waals surface area contributed by atoms with E-state index in [0.29, 0.717) is 16.5 Å². The summed E-state index contributed by atoms with van der Waals surface area (Å²) >= 11 is 0. The number of fused-ring (bicyclic) bond motifs is 1. The van der Waals surface area contributed by atoms with Crippen LogP contribution in [-0.4, -0.2) is 19.2 Å². The number of hydrogen-bond donors (Lipinski definition) is 0. The predicted molar refractivity (Wildman–Crippen MR) is 122 cm³/mol. The van der Waals surface area contributed by atoms with Crippen molar-refractivity contribution in [2.45, 2.75) is 37.5 Å². The highest BCUT2D eigenvalue weighted by atomic mass is 32.2. The number of ketones is 1. The summed E-state index contributed by atoms with van der Waals surface area (Å²) in [6, 6.07) is 17.4. The topological polar surface area (TPSA) is 64.1 Å². The van der Waals surface area contributed by atoms with E-state index in [-0.39, 0.29) is 21.1 Å². The van der Waals surface area contributed by atoms with E-state index in [1.807, 2.05) is 33.8 Å². The molecule has 0 amide bonds. The lowest BCUT2D eigenvalue weighted by atomic mass is 9.99. The number of para-hydroxylation sites is 1. The van der Waals surface area contributed by atoms with Crippen molar-refractivity contribution < 1.29 is 13.2 Å². The molecule has 4 rings (SSSR count). The molecule has 0 fully saturated rings. The van der Waals surface area contributed by atoms with E-state index in [1.54, 1.807) is 54.6 Å². The number of carbonyl (C=O) groups excluding carboxylic acids is 1. The first-order valence-corrected chi connectivity index (χ1v) is 11.5. The number of benzene rings is 3. The minimum atomic E-state index is -3.97. The predicted octanol–water partition coefficient (Wildman–Crippen LogP) is 5.53. The molecule has 0 saturated heterocycles. The first-order valence-electron chi connectivity index (χ1n) is 10.0. The Morgan fingerprint density at radius 3 is 2.10 bits per heavy atom. The van der Waals surface area contributed by atoms with Gasteiger partial charge in [-0.25, -0.2) is 8.42 Å². The van der Waals surface area contributed by atoms with Crippen LogP contribution in [0.2, 0.25) is 0 Å². The molecule has 0 radical (unpaired) electrons. The van der Waals surface area contributed by atoms with Crippen molar-refractivity contribution in [3.05, 3.63) is 100 Å². The van der Waals surface area contributed by atoms with Gasteiger partial charge in [0.2, 0.25) is 9.84 Å². The van der Waals surface area contributed by atoms with E-state index in [1.165, 1.54) is 6.20 Å². The maximum Gasteiger partial charge on any atom is 0.208 e. The molecule has 4 aromatic rings. The van der Waals surface area contributed by atoms with Crippen molar-refractivity contribution in [3.63, 3.8) is 0 Å². The van der Waals surface area contributed by atoms with Crippen molar-refractivity contribution in [3.8, 4) is 0 Å². The number of pyridine rings is 1. The van der Waals surface area contributed by atoms with Gasteiger partial charge in [0.15, 0.2) is 5.78 Å². The third-order valence-electron chi connectivity index (χ3n) is 5.80. The van der Waals surface area contributed by atoms with Crippen LogP contribution in [0.4, 0.5) is 0 Å². The zero-order valence-electron chi connectivity index (χ0n) is 17.9. The van der Waals surface area contributed by atoms with Crippen LogP contribution in [0, 0.1) is 27.7 Å². The molecule has 0 unspecified atom stereocenters. The van der Waals surface area contributed by atoms with Gasteiger partial charge in [0.25, 0.3) is 0 Å². The van der Waals surface area contributed by atoms with Crippen LogP contribution in [0.1, 0.15) is 38.2 Å². The molecule has 4 nitrogen and oxygen atoms in total. The molecule has 0 spiro atoms. The first-order chi connectivity index (χ1) is 14.7. The van der Waals surface area contributed by atoms with Gasteiger partial charge >= 0.3 is 0 Å². The number of nitrogens with zero attached hydrogens (tertiary/aromatic N) is 1. The van der Waals surface area contributed by atoms with Crippen molar-refractivity contribution >= 4 is 26.5 Å². The average molecular weight is 430 g/mol. The molecular weight excluding hydrogens is 406 g/mol. The fourth-order valence-electron chi connectivity index (χ4n) is 3.60. The molecule has 156 valence electrons. The SMILES string of the molecule is Cc1ccc(C(=O)c2cnc3ccccc3c2S(=O)(=O)c2ccc(C)c(C)c2)cc1C. The molecule has 3 aromatic carbocycles. The van der Waals surface area contributed by atoms with Gasteiger partial charge in [-0.3, -0.25) is 9.78 Å². The smallest absolute Gasteiger partial charge is 0.208 e. The van der Waals surface area contributed by atoms with Crippen LogP contribution in [-0.2, 0) is 9.84 Å². The summed E-state index contributed by atoms with van der Waals surface area (Å²) in [5.74, 6) is -0.358. The first kappa shape index (κ1) is 20.9. The molecule has 0 saturated carbocycles. The summed E-state index contributed by atoms with van der Waals surface area (Å²) in [7, 11) is -3.97. The highest BCUT2D eigenvalue weighted by Crippen LogP contribution is 2.32. The lowest BCUT2D eigenvalue weighted by Crippen LogP contribution is -2.13. The third kappa shape index (κ3) is 3.66. The summed E-state index contributed by atoms with van der Waals surface area (Å²) in [6.45, 7) is 7.71. The molecule has 0 aliphatic rings. The Morgan fingerprint density at radius 1 is 0.774 bits per heavy atom. The summed E-state index contributed by atoms with van der Waals surface area (Å²) in [4.78, 5) is 18.0. The molecular formula is C26H23NO3S. The second-order valence-corrected chi connectivity index (χ2v) is 9.78. The molecule has 0 N–H and O–H groups in total. The minimum absolute atomic E-state index is 0.00424. The fraction of sp³-hybridized carbons (Fsp3) is 0.154. The monoisotopic (exact) mass is 429 g/mol. The lowest BCUT2D eigenvalue weighted by molar-refractivity contribution is 0.103. The van der Waals surface area contributed by atoms with Crippen LogP contribution in [0.5, 0.6) is 0 Å². The highest BCUT2D eigenvalue weighted by molar-refractivity contribution is 7.91. The van der Waals surface area contributed by atoms with Crippen LogP contribution in [0.3, 0.4) is 0 Å². The van der Waals surface area contributed by atoms with E-state index >= 15 is 0 Å². The van der Waals surface area contributed by atoms with Gasteiger partial charge in [0, 0.05) is 17.1 Å². The number of rotatable bonds is 4. The average Bonchev–Trinajstić information content (AvgIpc) is 2.76. The largest absolute Gasteiger partial charge is 0.289 e. The van der Waals surface area contributed by atoms with E-state index < -0.39 is 9.84 Å². The number of aryl methyl sites for hydroxylation is 4. The highest BCUT2D eigenvalue weighted by Gasteiger charge is 2.28. The van der Waals surface area contributed by atoms with Gasteiger partial charge in [-0.1, -0.05) is 36.4 Å². The van der Waals surface area contributed by atoms with E-state index in [4.69, 9.17) is 0 Å². The standard InChI is InChI=1S/C26H23NO3S/c1-16-9-11-20(13-18(16)3)25(28)23-15-27-24-8-6-5-7-22(24)26(23)31(29,30)21-12-10-17(2)19(4)14-21/h5-15H,1-4H3. The maximum atomic E-state index is 13.8. The molecule has 0 bridgehead atoms. The zero-order chi connectivity index (χ0) is 22.3. The normalized spacial score (nSPS) is 11.6. The Hall–Kier alpha value is -3.31. The van der Waals surface area contributed by atoms with Gasteiger partial charge in [-0.15, -0.1) is 0 Å². The Balaban J connectivity index is 2.02. The Labute approximate surface area is 182 Å². The molecule has 0 atom stereocenters. The van der Waals surface area contributed by atoms with E-state index in [2.05, 4.69) is 4.98 Å². The summed E-state index contributed by atoms with van der Waals surface area (Å²) < 4.78 is 27.6. The summed E-state index contributed by atoms with van der Waals surface area (Å²) in [5, 5.41) is 0.440. The third-order valence-corrected chi connectivity index (χ3v) is 7.65. The Bertz CT molecular complexity index is 1450. The van der Waals surface area contributed by atoms with Gasteiger partial charge in [0.1, 0.15) is 0 Å². The second kappa shape index (κ2) is 7.75. The Morgan fingerprint density at radius 2 is 1.42 bits per heavy atom. The summed E-state index contributed by atoms with van der Waals surface area (Å²) in [5.41, 5.74) is 4.97. The van der Waals surface area contributed by atoms with Crippen LogP contribution >= 0.6 is 0 Å². The van der Waals surface area contributed by atoms with Crippen LogP contribution in [0.25, 0.3) is 10.9 Å². The Kier molecular flexibility index (Phi) is 5.23. The number of carbonyl (C=O) groups is 1. The van der Waals surface area contributed by atoms with E-state index in [0.717, 1.165) is 22.3 Å².